The number of hydrogen-bond acceptors (Lipinski definition) is 7. The molecule has 1 aliphatic carbocycles. The number of nitrogens with two attached hydrogens (primary N) is 1. The van der Waals surface area contributed by atoms with Crippen molar-refractivity contribution >= 4 is 0 Å². The molecular weight excluding hydrogens is 310 g/mol. The Morgan fingerprint density at radius 1 is 1.08 bits per heavy atom. The lowest BCUT2D eigenvalue weighted by atomic mass is 9.77. The van der Waals surface area contributed by atoms with Gasteiger partial charge in [-0.1, -0.05) is 5.16 Å². The summed E-state index contributed by atoms with van der Waals surface area (Å²) in [5, 5.41) is 4.04. The van der Waals surface area contributed by atoms with Crippen LogP contribution in [0.25, 0.3) is 0 Å². The molecule has 7 nitrogen and oxygen atoms in total. The SMILES string of the molecule is COc1cc(CCc2nc(C3(N)CCC3)no2)cc(OC)c1OC. The van der Waals surface area contributed by atoms with E-state index in [0.29, 0.717) is 35.4 Å². The molecule has 3 rings (SSSR count). The third-order valence-corrected chi connectivity index (χ3v) is 4.51. The van der Waals surface area contributed by atoms with Gasteiger partial charge in [0.25, 0.3) is 0 Å². The third-order valence-electron chi connectivity index (χ3n) is 4.51. The van der Waals surface area contributed by atoms with Gasteiger partial charge in [0.05, 0.1) is 26.9 Å². The van der Waals surface area contributed by atoms with E-state index in [0.717, 1.165) is 31.2 Å². The average molecular weight is 333 g/mol. The maximum absolute atomic E-state index is 6.22. The molecule has 0 radical (unpaired) electrons. The van der Waals surface area contributed by atoms with Gasteiger partial charge in [0.2, 0.25) is 11.6 Å². The van der Waals surface area contributed by atoms with Crippen LogP contribution in [0.5, 0.6) is 17.2 Å². The van der Waals surface area contributed by atoms with Gasteiger partial charge in [-0.3, -0.25) is 0 Å². The molecule has 0 saturated heterocycles. The largest absolute Gasteiger partial charge is 0.493 e. The van der Waals surface area contributed by atoms with Gasteiger partial charge in [-0.2, -0.15) is 4.98 Å². The summed E-state index contributed by atoms with van der Waals surface area (Å²) < 4.78 is 21.4. The Bertz CT molecular complexity index is 685. The highest BCUT2D eigenvalue weighted by molar-refractivity contribution is 5.53. The van der Waals surface area contributed by atoms with Gasteiger partial charge in [-0.15, -0.1) is 0 Å². The van der Waals surface area contributed by atoms with Crippen LogP contribution in [0, 0.1) is 0 Å². The minimum Gasteiger partial charge on any atom is -0.493 e. The van der Waals surface area contributed by atoms with E-state index in [1.54, 1.807) is 21.3 Å². The number of nitrogens with zero attached hydrogens (tertiary/aromatic N) is 2. The van der Waals surface area contributed by atoms with Crippen molar-refractivity contribution in [1.29, 1.82) is 0 Å². The normalized spacial score (nSPS) is 15.7. The molecule has 1 heterocycles. The van der Waals surface area contributed by atoms with E-state index in [4.69, 9.17) is 24.5 Å². The molecule has 0 aliphatic heterocycles. The summed E-state index contributed by atoms with van der Waals surface area (Å²) in [5.41, 5.74) is 6.86. The molecule has 1 saturated carbocycles. The Balaban J connectivity index is 1.72. The zero-order valence-electron chi connectivity index (χ0n) is 14.3. The molecule has 0 unspecified atom stereocenters. The highest BCUT2D eigenvalue weighted by Gasteiger charge is 2.38. The zero-order chi connectivity index (χ0) is 17.2. The van der Waals surface area contributed by atoms with E-state index < -0.39 is 5.54 Å². The first-order valence-corrected chi connectivity index (χ1v) is 8.00. The van der Waals surface area contributed by atoms with E-state index in [2.05, 4.69) is 10.1 Å². The van der Waals surface area contributed by atoms with E-state index in [1.165, 1.54) is 0 Å². The Hall–Kier alpha value is -2.28. The van der Waals surface area contributed by atoms with E-state index in [-0.39, 0.29) is 0 Å². The first-order valence-electron chi connectivity index (χ1n) is 8.00. The predicted molar refractivity (Wildman–Crippen MR) is 87.5 cm³/mol. The Labute approximate surface area is 141 Å². The van der Waals surface area contributed by atoms with Crippen molar-refractivity contribution in [1.82, 2.24) is 10.1 Å². The van der Waals surface area contributed by atoms with E-state index >= 15 is 0 Å². The van der Waals surface area contributed by atoms with Crippen molar-refractivity contribution in [2.75, 3.05) is 21.3 Å². The topological polar surface area (TPSA) is 92.6 Å². The molecule has 1 aromatic heterocycles. The summed E-state index contributed by atoms with van der Waals surface area (Å²) in [6, 6.07) is 3.85. The lowest BCUT2D eigenvalue weighted by Gasteiger charge is -2.34. The highest BCUT2D eigenvalue weighted by Crippen LogP contribution is 2.39. The quantitative estimate of drug-likeness (QED) is 0.830. The minimum atomic E-state index is -0.395. The van der Waals surface area contributed by atoms with Crippen LogP contribution in [0.4, 0.5) is 0 Å². The number of hydrogen-bond donors (Lipinski definition) is 1. The number of aromatic nitrogens is 2. The second-order valence-electron chi connectivity index (χ2n) is 6.06. The first-order chi connectivity index (χ1) is 11.6. The summed E-state index contributed by atoms with van der Waals surface area (Å²) >= 11 is 0. The van der Waals surface area contributed by atoms with E-state index in [9.17, 15) is 0 Å². The molecule has 1 fully saturated rings. The van der Waals surface area contributed by atoms with Crippen molar-refractivity contribution in [3.8, 4) is 17.2 Å². The fourth-order valence-corrected chi connectivity index (χ4v) is 2.87. The summed E-state index contributed by atoms with van der Waals surface area (Å²) in [7, 11) is 4.79. The molecule has 0 atom stereocenters. The van der Waals surface area contributed by atoms with Gasteiger partial charge in [0.15, 0.2) is 17.3 Å². The lowest BCUT2D eigenvalue weighted by Crippen LogP contribution is -2.44. The van der Waals surface area contributed by atoms with Crippen LogP contribution >= 0.6 is 0 Å². The first kappa shape index (κ1) is 16.6. The summed E-state index contributed by atoms with van der Waals surface area (Å²) in [4.78, 5) is 4.45. The fraction of sp³-hybridized carbons (Fsp3) is 0.529. The second-order valence-corrected chi connectivity index (χ2v) is 6.06. The van der Waals surface area contributed by atoms with Gasteiger partial charge in [0.1, 0.15) is 0 Å². The molecule has 130 valence electrons. The maximum atomic E-state index is 6.22. The van der Waals surface area contributed by atoms with Crippen molar-refractivity contribution in [2.45, 2.75) is 37.6 Å². The van der Waals surface area contributed by atoms with Gasteiger partial charge in [0, 0.05) is 6.42 Å². The number of methoxy groups -OCH3 is 3. The predicted octanol–water partition coefficient (Wildman–Crippen LogP) is 2.22. The minimum absolute atomic E-state index is 0.395. The van der Waals surface area contributed by atoms with Crippen LogP contribution < -0.4 is 19.9 Å². The maximum Gasteiger partial charge on any atom is 0.227 e. The molecular formula is C17H23N3O4. The molecule has 0 amide bonds. The summed E-state index contributed by atoms with van der Waals surface area (Å²) in [6.45, 7) is 0. The summed E-state index contributed by atoms with van der Waals surface area (Å²) in [6.07, 6.45) is 4.29. The highest BCUT2D eigenvalue weighted by atomic mass is 16.5. The molecule has 7 heteroatoms. The van der Waals surface area contributed by atoms with Gasteiger partial charge < -0.3 is 24.5 Å². The van der Waals surface area contributed by atoms with Gasteiger partial charge >= 0.3 is 0 Å². The molecule has 1 aliphatic rings. The van der Waals surface area contributed by atoms with Crippen molar-refractivity contribution in [2.24, 2.45) is 5.73 Å². The van der Waals surface area contributed by atoms with Crippen molar-refractivity contribution < 1.29 is 18.7 Å². The lowest BCUT2D eigenvalue weighted by molar-refractivity contribution is 0.229. The average Bonchev–Trinajstić information content (AvgIpc) is 3.06. The Morgan fingerprint density at radius 3 is 2.25 bits per heavy atom. The standard InChI is InChI=1S/C17H23N3O4/c1-21-12-9-11(10-13(22-2)15(12)23-3)5-6-14-19-16(20-24-14)17(18)7-4-8-17/h9-10H,4-8,18H2,1-3H3. The Kier molecular flexibility index (Phi) is 4.62. The Morgan fingerprint density at radius 2 is 1.75 bits per heavy atom. The number of ether oxygens (including phenoxy) is 3. The number of rotatable bonds is 7. The molecule has 2 N–H and O–H groups in total. The van der Waals surface area contributed by atoms with Crippen LogP contribution in [0.3, 0.4) is 0 Å². The number of aryl methyl sites for hydroxylation is 2. The second kappa shape index (κ2) is 6.68. The van der Waals surface area contributed by atoms with Crippen LogP contribution in [-0.4, -0.2) is 31.5 Å². The number of benzene rings is 1. The van der Waals surface area contributed by atoms with Crippen LogP contribution in [0.1, 0.15) is 36.5 Å². The smallest absolute Gasteiger partial charge is 0.227 e. The summed E-state index contributed by atoms with van der Waals surface area (Å²) in [5.74, 6) is 3.06. The third kappa shape index (κ3) is 3.03. The molecule has 24 heavy (non-hydrogen) atoms. The fourth-order valence-electron chi connectivity index (χ4n) is 2.87. The van der Waals surface area contributed by atoms with Crippen LogP contribution in [0.2, 0.25) is 0 Å². The van der Waals surface area contributed by atoms with Crippen molar-refractivity contribution in [3.05, 3.63) is 29.4 Å². The van der Waals surface area contributed by atoms with Gasteiger partial charge in [-0.25, -0.2) is 0 Å². The molecule has 2 aromatic rings. The monoisotopic (exact) mass is 333 g/mol. The van der Waals surface area contributed by atoms with E-state index in [1.807, 2.05) is 12.1 Å². The molecule has 0 spiro atoms. The van der Waals surface area contributed by atoms with Crippen molar-refractivity contribution in [3.63, 3.8) is 0 Å². The van der Waals surface area contributed by atoms with Crippen LogP contribution in [0.15, 0.2) is 16.7 Å². The van der Waals surface area contributed by atoms with Crippen LogP contribution in [-0.2, 0) is 18.4 Å². The molecule has 0 bridgehead atoms. The molecule has 1 aromatic carbocycles. The zero-order valence-corrected chi connectivity index (χ0v) is 14.3. The van der Waals surface area contributed by atoms with Gasteiger partial charge in [-0.05, 0) is 43.4 Å².